The lowest BCUT2D eigenvalue weighted by molar-refractivity contribution is 0.206. The van der Waals surface area contributed by atoms with Crippen LogP contribution < -0.4 is 0 Å². The minimum absolute atomic E-state index is 0.818. The van der Waals surface area contributed by atoms with Crippen LogP contribution in [0.4, 0.5) is 0 Å². The summed E-state index contributed by atoms with van der Waals surface area (Å²) in [5.74, 6) is 4.13. The highest BCUT2D eigenvalue weighted by molar-refractivity contribution is 6.44. The predicted octanol–water partition coefficient (Wildman–Crippen LogP) is 4.13. The quantitative estimate of drug-likeness (QED) is 0.593. The Bertz CT molecular complexity index is 253. The van der Waals surface area contributed by atoms with Crippen molar-refractivity contribution >= 4 is 9.28 Å². The van der Waals surface area contributed by atoms with E-state index in [1.54, 1.807) is 6.42 Å². The second-order valence-corrected chi connectivity index (χ2v) is 8.69. The summed E-state index contributed by atoms with van der Waals surface area (Å²) < 4.78 is 11.5. The predicted molar refractivity (Wildman–Crippen MR) is 82.5 cm³/mol. The van der Waals surface area contributed by atoms with E-state index < -0.39 is 9.28 Å². The molecule has 0 heterocycles. The fourth-order valence-electron chi connectivity index (χ4n) is 4.40. The van der Waals surface area contributed by atoms with E-state index in [0.29, 0.717) is 0 Å². The first-order valence-electron chi connectivity index (χ1n) is 8.47. The van der Waals surface area contributed by atoms with E-state index >= 15 is 0 Å². The van der Waals surface area contributed by atoms with E-state index in [0.717, 1.165) is 36.9 Å². The van der Waals surface area contributed by atoms with Crippen molar-refractivity contribution in [1.82, 2.24) is 0 Å². The van der Waals surface area contributed by atoms with Gasteiger partial charge in [0, 0.05) is 13.2 Å². The Morgan fingerprint density at radius 3 is 2.37 bits per heavy atom. The van der Waals surface area contributed by atoms with Crippen molar-refractivity contribution in [2.24, 2.45) is 23.7 Å². The minimum atomic E-state index is -1.34. The average Bonchev–Trinajstić information content (AvgIpc) is 3.01. The number of fused-ring (bicyclic) bond motifs is 2. The summed E-state index contributed by atoms with van der Waals surface area (Å²) in [6.45, 7) is 8.29. The highest BCUT2D eigenvalue weighted by Crippen LogP contribution is 2.51. The van der Waals surface area contributed by atoms with E-state index in [9.17, 15) is 0 Å². The minimum Gasteiger partial charge on any atom is -0.397 e. The third-order valence-corrected chi connectivity index (χ3v) is 7.62. The van der Waals surface area contributed by atoms with Crippen LogP contribution in [-0.2, 0) is 8.85 Å². The van der Waals surface area contributed by atoms with E-state index in [4.69, 9.17) is 8.85 Å². The lowest BCUT2D eigenvalue weighted by Gasteiger charge is -2.28. The molecule has 2 bridgehead atoms. The van der Waals surface area contributed by atoms with Crippen LogP contribution in [0.5, 0.6) is 0 Å². The third kappa shape index (κ3) is 4.30. The van der Waals surface area contributed by atoms with Crippen molar-refractivity contribution in [3.8, 4) is 0 Å². The molecule has 0 aromatic heterocycles. The molecule has 0 spiro atoms. The van der Waals surface area contributed by atoms with Crippen LogP contribution in [-0.4, -0.2) is 22.5 Å². The summed E-state index contributed by atoms with van der Waals surface area (Å²) in [5, 5.41) is 0. The Morgan fingerprint density at radius 1 is 1.11 bits per heavy atom. The molecule has 0 radical (unpaired) electrons. The summed E-state index contributed by atoms with van der Waals surface area (Å²) in [6.07, 6.45) is 8.82. The molecular formula is C16H32O2Si. The maximum atomic E-state index is 5.76. The standard InChI is InChI=1S/C16H32O2Si/c1-4-17-19(18-5-2)10-6-7-13(3)16-12-14-8-9-15(16)11-14/h13-16,19H,4-12H2,1-3H3. The SMILES string of the molecule is CCO[SiH](CCCC(C)C1CC2CCC1C2)OCC. The van der Waals surface area contributed by atoms with Gasteiger partial charge in [-0.15, -0.1) is 0 Å². The van der Waals surface area contributed by atoms with Gasteiger partial charge < -0.3 is 8.85 Å². The molecule has 2 aliphatic rings. The highest BCUT2D eigenvalue weighted by Gasteiger charge is 2.41. The topological polar surface area (TPSA) is 18.5 Å². The molecule has 2 saturated carbocycles. The van der Waals surface area contributed by atoms with Gasteiger partial charge in [-0.3, -0.25) is 0 Å². The molecule has 3 heteroatoms. The fraction of sp³-hybridized carbons (Fsp3) is 1.00. The number of hydrogen-bond acceptors (Lipinski definition) is 2. The Kier molecular flexibility index (Phi) is 6.37. The van der Waals surface area contributed by atoms with Crippen LogP contribution in [0.2, 0.25) is 6.04 Å². The molecule has 0 saturated heterocycles. The van der Waals surface area contributed by atoms with Gasteiger partial charge in [-0.05, 0) is 62.8 Å². The average molecular weight is 285 g/mol. The number of hydrogen-bond donors (Lipinski definition) is 0. The Balaban J connectivity index is 1.64. The summed E-state index contributed by atoms with van der Waals surface area (Å²) in [4.78, 5) is 0. The van der Waals surface area contributed by atoms with Crippen molar-refractivity contribution in [2.75, 3.05) is 13.2 Å². The molecular weight excluding hydrogens is 252 g/mol. The molecule has 2 nitrogen and oxygen atoms in total. The van der Waals surface area contributed by atoms with Gasteiger partial charge >= 0.3 is 9.28 Å². The van der Waals surface area contributed by atoms with E-state index in [2.05, 4.69) is 20.8 Å². The molecule has 2 fully saturated rings. The van der Waals surface area contributed by atoms with Crippen LogP contribution in [0.1, 0.15) is 59.3 Å². The van der Waals surface area contributed by atoms with Gasteiger partial charge in [0.15, 0.2) is 0 Å². The summed E-state index contributed by atoms with van der Waals surface area (Å²) in [7, 11) is -1.34. The van der Waals surface area contributed by atoms with Crippen molar-refractivity contribution in [3.05, 3.63) is 0 Å². The molecule has 0 amide bonds. The van der Waals surface area contributed by atoms with Crippen LogP contribution in [0.15, 0.2) is 0 Å². The van der Waals surface area contributed by atoms with Crippen LogP contribution in [0.3, 0.4) is 0 Å². The third-order valence-electron chi connectivity index (χ3n) is 5.33. The Morgan fingerprint density at radius 2 is 1.84 bits per heavy atom. The van der Waals surface area contributed by atoms with Gasteiger partial charge in [0.1, 0.15) is 0 Å². The van der Waals surface area contributed by atoms with Gasteiger partial charge in [-0.1, -0.05) is 26.2 Å². The lowest BCUT2D eigenvalue weighted by atomic mass is 9.78. The van der Waals surface area contributed by atoms with Crippen LogP contribution >= 0.6 is 0 Å². The maximum Gasteiger partial charge on any atom is 0.321 e. The molecule has 0 aliphatic heterocycles. The normalized spacial score (nSPS) is 31.3. The zero-order chi connectivity index (χ0) is 13.7. The molecule has 19 heavy (non-hydrogen) atoms. The Labute approximate surface area is 121 Å². The number of rotatable bonds is 9. The molecule has 2 rings (SSSR count). The molecule has 0 aromatic rings. The lowest BCUT2D eigenvalue weighted by Crippen LogP contribution is -2.24. The maximum absolute atomic E-state index is 5.76. The Hall–Kier alpha value is 0.137. The monoisotopic (exact) mass is 284 g/mol. The van der Waals surface area contributed by atoms with Gasteiger partial charge in [-0.2, -0.15) is 0 Å². The summed E-state index contributed by atoms with van der Waals surface area (Å²) in [6, 6.07) is 1.20. The summed E-state index contributed by atoms with van der Waals surface area (Å²) in [5.41, 5.74) is 0. The van der Waals surface area contributed by atoms with Gasteiger partial charge in [-0.25, -0.2) is 0 Å². The van der Waals surface area contributed by atoms with Gasteiger partial charge in [0.05, 0.1) is 0 Å². The van der Waals surface area contributed by atoms with E-state index in [1.165, 1.54) is 38.1 Å². The molecule has 2 aliphatic carbocycles. The van der Waals surface area contributed by atoms with E-state index in [-0.39, 0.29) is 0 Å². The van der Waals surface area contributed by atoms with Crippen molar-refractivity contribution in [2.45, 2.75) is 65.3 Å². The van der Waals surface area contributed by atoms with Crippen molar-refractivity contribution < 1.29 is 8.85 Å². The fourth-order valence-corrected chi connectivity index (χ4v) is 6.14. The zero-order valence-corrected chi connectivity index (χ0v) is 14.2. The van der Waals surface area contributed by atoms with E-state index in [1.807, 2.05) is 0 Å². The molecule has 4 unspecified atom stereocenters. The smallest absolute Gasteiger partial charge is 0.321 e. The second kappa shape index (κ2) is 7.80. The second-order valence-electron chi connectivity index (χ2n) is 6.59. The first-order valence-corrected chi connectivity index (χ1v) is 10.2. The molecule has 112 valence electrons. The summed E-state index contributed by atoms with van der Waals surface area (Å²) >= 11 is 0. The first-order chi connectivity index (χ1) is 9.24. The van der Waals surface area contributed by atoms with Crippen LogP contribution in [0.25, 0.3) is 0 Å². The van der Waals surface area contributed by atoms with Gasteiger partial charge in [0.2, 0.25) is 0 Å². The molecule has 4 atom stereocenters. The molecule has 0 N–H and O–H groups in total. The van der Waals surface area contributed by atoms with Crippen LogP contribution in [0, 0.1) is 23.7 Å². The van der Waals surface area contributed by atoms with Crippen molar-refractivity contribution in [1.29, 1.82) is 0 Å². The molecule has 0 aromatic carbocycles. The van der Waals surface area contributed by atoms with Crippen molar-refractivity contribution in [3.63, 3.8) is 0 Å². The highest BCUT2D eigenvalue weighted by atomic mass is 28.3. The van der Waals surface area contributed by atoms with Gasteiger partial charge in [0.25, 0.3) is 0 Å². The first kappa shape index (κ1) is 15.5. The zero-order valence-electron chi connectivity index (χ0n) is 13.1. The largest absolute Gasteiger partial charge is 0.397 e.